The van der Waals surface area contributed by atoms with E-state index < -0.39 is 4.92 Å². The molecule has 1 heterocycles. The van der Waals surface area contributed by atoms with Gasteiger partial charge in [-0.15, -0.1) is 0 Å². The molecule has 0 saturated heterocycles. The fraction of sp³-hybridized carbons (Fsp3) is 0.455. The van der Waals surface area contributed by atoms with Crippen LogP contribution in [0.15, 0.2) is 12.3 Å². The first-order valence-electron chi connectivity index (χ1n) is 5.59. The summed E-state index contributed by atoms with van der Waals surface area (Å²) in [6, 6.07) is 1.11. The molecule has 7 heteroatoms. The summed E-state index contributed by atoms with van der Waals surface area (Å²) in [5, 5.41) is 10.6. The molecule has 1 aromatic rings. The zero-order valence-corrected chi connectivity index (χ0v) is 10.6. The fourth-order valence-electron chi connectivity index (χ4n) is 1.64. The van der Waals surface area contributed by atoms with Gasteiger partial charge in [-0.05, 0) is 30.7 Å². The molecule has 1 rings (SSSR count). The van der Waals surface area contributed by atoms with Gasteiger partial charge in [0.15, 0.2) is 6.20 Å². The van der Waals surface area contributed by atoms with Crippen LogP contribution in [0.4, 0.5) is 11.5 Å². The summed E-state index contributed by atoms with van der Waals surface area (Å²) in [5.41, 5.74) is 5.91. The number of nitro groups is 1. The lowest BCUT2D eigenvalue weighted by molar-refractivity contribution is -0.389. The van der Waals surface area contributed by atoms with Crippen LogP contribution >= 0.6 is 0 Å². The molecular weight excluding hydrogens is 236 g/mol. The van der Waals surface area contributed by atoms with E-state index in [0.717, 1.165) is 12.3 Å². The molecular formula is C11H16N4O3. The molecule has 0 spiro atoms. The molecule has 0 atom stereocenters. The average Bonchev–Trinajstić information content (AvgIpc) is 2.29. The molecule has 2 N–H and O–H groups in total. The van der Waals surface area contributed by atoms with Gasteiger partial charge in [0.25, 0.3) is 5.91 Å². The zero-order valence-electron chi connectivity index (χ0n) is 10.6. The number of pyridine rings is 1. The summed E-state index contributed by atoms with van der Waals surface area (Å²) in [6.07, 6.45) is 1.14. The molecule has 0 aliphatic carbocycles. The van der Waals surface area contributed by atoms with Crippen LogP contribution in [-0.4, -0.2) is 33.3 Å². The third-order valence-corrected chi connectivity index (χ3v) is 2.56. The van der Waals surface area contributed by atoms with E-state index in [1.807, 2.05) is 20.8 Å². The van der Waals surface area contributed by atoms with Crippen molar-refractivity contribution in [2.24, 2.45) is 0 Å². The maximum absolute atomic E-state index is 12.2. The first-order chi connectivity index (χ1) is 8.38. The number of nitrogens with two attached hydrogens (primary N) is 1. The smallest absolute Gasteiger partial charge is 0.364 e. The van der Waals surface area contributed by atoms with Gasteiger partial charge in [0.1, 0.15) is 0 Å². The highest BCUT2D eigenvalue weighted by Crippen LogP contribution is 2.19. The minimum atomic E-state index is -0.651. The number of hydrogen-bond donors (Lipinski definition) is 1. The lowest BCUT2D eigenvalue weighted by atomic mass is 10.1. The Labute approximate surface area is 105 Å². The number of nitrogen functional groups attached to an aromatic ring is 1. The van der Waals surface area contributed by atoms with Gasteiger partial charge in [0, 0.05) is 12.6 Å². The van der Waals surface area contributed by atoms with Crippen LogP contribution in [0.2, 0.25) is 0 Å². The van der Waals surface area contributed by atoms with Crippen LogP contribution in [0.1, 0.15) is 31.1 Å². The quantitative estimate of drug-likeness (QED) is 0.645. The van der Waals surface area contributed by atoms with Crippen LogP contribution in [0.5, 0.6) is 0 Å². The SMILES string of the molecule is CCN(C(=O)c1cc([N+](=O)[O-])ncc1N)C(C)C. The molecule has 0 bridgehead atoms. The Morgan fingerprint density at radius 2 is 2.22 bits per heavy atom. The number of hydrogen-bond acceptors (Lipinski definition) is 5. The molecule has 7 nitrogen and oxygen atoms in total. The topological polar surface area (TPSA) is 102 Å². The predicted octanol–water partition coefficient (Wildman–Crippen LogP) is 1.44. The number of carbonyl (C=O) groups excluding carboxylic acids is 1. The van der Waals surface area contributed by atoms with Crippen molar-refractivity contribution in [3.63, 3.8) is 0 Å². The Kier molecular flexibility index (Phi) is 4.19. The van der Waals surface area contributed by atoms with E-state index in [1.54, 1.807) is 4.90 Å². The lowest BCUT2D eigenvalue weighted by Gasteiger charge is -2.25. The Morgan fingerprint density at radius 1 is 1.61 bits per heavy atom. The highest BCUT2D eigenvalue weighted by atomic mass is 16.6. The Balaban J connectivity index is 3.19. The van der Waals surface area contributed by atoms with Gasteiger partial charge in [0.2, 0.25) is 0 Å². The standard InChI is InChI=1S/C11H16N4O3/c1-4-14(7(2)3)11(16)8-5-10(15(17)18)13-6-9(8)12/h5-7H,4,12H2,1-3H3. The molecule has 0 fully saturated rings. The summed E-state index contributed by atoms with van der Waals surface area (Å²) >= 11 is 0. The van der Waals surface area contributed by atoms with Crippen molar-refractivity contribution in [1.82, 2.24) is 9.88 Å². The summed E-state index contributed by atoms with van der Waals surface area (Å²) in [7, 11) is 0. The minimum absolute atomic E-state index is 0.00544. The third-order valence-electron chi connectivity index (χ3n) is 2.56. The van der Waals surface area contributed by atoms with E-state index in [2.05, 4.69) is 4.98 Å². The van der Waals surface area contributed by atoms with E-state index in [1.165, 1.54) is 0 Å². The molecule has 0 radical (unpaired) electrons. The number of nitrogens with zero attached hydrogens (tertiary/aromatic N) is 3. The van der Waals surface area contributed by atoms with E-state index in [4.69, 9.17) is 5.73 Å². The molecule has 0 aliphatic heterocycles. The monoisotopic (exact) mass is 252 g/mol. The van der Waals surface area contributed by atoms with Crippen LogP contribution in [0, 0.1) is 10.1 Å². The van der Waals surface area contributed by atoms with Gasteiger partial charge in [-0.2, -0.15) is 0 Å². The van der Waals surface area contributed by atoms with Crippen molar-refractivity contribution in [2.45, 2.75) is 26.8 Å². The Morgan fingerprint density at radius 3 is 2.67 bits per heavy atom. The van der Waals surface area contributed by atoms with Gasteiger partial charge in [-0.1, -0.05) is 0 Å². The molecule has 0 aliphatic rings. The molecule has 1 aromatic heterocycles. The first-order valence-corrected chi connectivity index (χ1v) is 5.59. The maximum Gasteiger partial charge on any atom is 0.364 e. The Hall–Kier alpha value is -2.18. The molecule has 0 aromatic carbocycles. The van der Waals surface area contributed by atoms with Crippen molar-refractivity contribution in [2.75, 3.05) is 12.3 Å². The molecule has 18 heavy (non-hydrogen) atoms. The van der Waals surface area contributed by atoms with Gasteiger partial charge in [0.05, 0.1) is 17.3 Å². The van der Waals surface area contributed by atoms with Crippen molar-refractivity contribution in [3.8, 4) is 0 Å². The van der Waals surface area contributed by atoms with Gasteiger partial charge in [-0.3, -0.25) is 4.79 Å². The summed E-state index contributed by atoms with van der Waals surface area (Å²) in [6.45, 7) is 6.08. The number of aromatic nitrogens is 1. The summed E-state index contributed by atoms with van der Waals surface area (Å²) in [5.74, 6) is -0.706. The van der Waals surface area contributed by atoms with Crippen LogP contribution < -0.4 is 5.73 Å². The van der Waals surface area contributed by atoms with Crippen LogP contribution in [0.25, 0.3) is 0 Å². The largest absolute Gasteiger partial charge is 0.395 e. The summed E-state index contributed by atoms with van der Waals surface area (Å²) < 4.78 is 0. The number of rotatable bonds is 4. The van der Waals surface area contributed by atoms with E-state index >= 15 is 0 Å². The summed E-state index contributed by atoms with van der Waals surface area (Å²) in [4.78, 5) is 27.3. The average molecular weight is 252 g/mol. The van der Waals surface area contributed by atoms with Gasteiger partial charge in [-0.25, -0.2) is 0 Å². The fourth-order valence-corrected chi connectivity index (χ4v) is 1.64. The molecule has 0 saturated carbocycles. The van der Waals surface area contributed by atoms with Crippen molar-refractivity contribution in [1.29, 1.82) is 0 Å². The van der Waals surface area contributed by atoms with E-state index in [0.29, 0.717) is 6.54 Å². The lowest BCUT2D eigenvalue weighted by Crippen LogP contribution is -2.37. The maximum atomic E-state index is 12.2. The minimum Gasteiger partial charge on any atom is -0.395 e. The van der Waals surface area contributed by atoms with Crippen molar-refractivity contribution >= 4 is 17.4 Å². The second kappa shape index (κ2) is 5.44. The third kappa shape index (κ3) is 2.73. The highest BCUT2D eigenvalue weighted by Gasteiger charge is 2.22. The highest BCUT2D eigenvalue weighted by molar-refractivity contribution is 5.99. The second-order valence-corrected chi connectivity index (χ2v) is 4.07. The van der Waals surface area contributed by atoms with Crippen LogP contribution in [0.3, 0.4) is 0 Å². The van der Waals surface area contributed by atoms with Crippen LogP contribution in [-0.2, 0) is 0 Å². The van der Waals surface area contributed by atoms with Crippen molar-refractivity contribution < 1.29 is 9.72 Å². The first kappa shape index (κ1) is 13.9. The molecule has 0 unspecified atom stereocenters. The number of carbonyl (C=O) groups is 1. The normalized spacial score (nSPS) is 10.4. The van der Waals surface area contributed by atoms with E-state index in [9.17, 15) is 14.9 Å². The van der Waals surface area contributed by atoms with Gasteiger partial charge >= 0.3 is 5.82 Å². The van der Waals surface area contributed by atoms with E-state index in [-0.39, 0.29) is 29.0 Å². The Bertz CT molecular complexity index is 473. The second-order valence-electron chi connectivity index (χ2n) is 4.07. The van der Waals surface area contributed by atoms with Crippen molar-refractivity contribution in [3.05, 3.63) is 27.9 Å². The molecule has 1 amide bonds. The zero-order chi connectivity index (χ0) is 13.9. The van der Waals surface area contributed by atoms with Gasteiger partial charge < -0.3 is 20.7 Å². The number of anilines is 1. The molecule has 98 valence electrons. The number of amides is 1. The predicted molar refractivity (Wildman–Crippen MR) is 67.2 cm³/mol.